The third-order valence-electron chi connectivity index (χ3n) is 3.95. The van der Waals surface area contributed by atoms with Crippen LogP contribution in [-0.2, 0) is 0 Å². The first-order valence-electron chi connectivity index (χ1n) is 6.92. The van der Waals surface area contributed by atoms with Crippen molar-refractivity contribution in [2.75, 3.05) is 12.8 Å². The highest BCUT2D eigenvalue weighted by molar-refractivity contribution is 5.80. The summed E-state index contributed by atoms with van der Waals surface area (Å²) in [5, 5.41) is 0. The van der Waals surface area contributed by atoms with E-state index in [9.17, 15) is 0 Å². The second-order valence-corrected chi connectivity index (χ2v) is 5.34. The lowest BCUT2D eigenvalue weighted by Crippen LogP contribution is -1.98. The highest BCUT2D eigenvalue weighted by atomic mass is 16.5. The third-order valence-corrected chi connectivity index (χ3v) is 3.95. The predicted octanol–water partition coefficient (Wildman–Crippen LogP) is 3.52. The second-order valence-electron chi connectivity index (χ2n) is 5.34. The van der Waals surface area contributed by atoms with Crippen molar-refractivity contribution in [1.29, 1.82) is 0 Å². The molecule has 0 amide bonds. The number of nitrogen functional groups attached to an aromatic ring is 1. The summed E-state index contributed by atoms with van der Waals surface area (Å²) in [7, 11) is 1.67. The molecule has 0 fully saturated rings. The summed E-state index contributed by atoms with van der Waals surface area (Å²) >= 11 is 0. The molecule has 0 aliphatic carbocycles. The van der Waals surface area contributed by atoms with Gasteiger partial charge >= 0.3 is 0 Å². The number of pyridine rings is 1. The molecule has 4 heteroatoms. The van der Waals surface area contributed by atoms with Gasteiger partial charge in [-0.15, -0.1) is 0 Å². The van der Waals surface area contributed by atoms with Gasteiger partial charge in [0, 0.05) is 11.3 Å². The van der Waals surface area contributed by atoms with E-state index in [1.54, 1.807) is 7.11 Å². The van der Waals surface area contributed by atoms with Crippen molar-refractivity contribution in [2.24, 2.45) is 0 Å². The van der Waals surface area contributed by atoms with Crippen LogP contribution in [0.15, 0.2) is 30.3 Å². The Kier molecular flexibility index (Phi) is 3.09. The summed E-state index contributed by atoms with van der Waals surface area (Å²) < 4.78 is 7.47. The van der Waals surface area contributed by atoms with Crippen molar-refractivity contribution in [2.45, 2.75) is 20.8 Å². The predicted molar refractivity (Wildman–Crippen MR) is 85.8 cm³/mol. The molecule has 4 nitrogen and oxygen atoms in total. The number of aryl methyl sites for hydroxylation is 3. The summed E-state index contributed by atoms with van der Waals surface area (Å²) in [6, 6.07) is 10.1. The standard InChI is InChI=1S/C17H19N3O/c1-10-8-13(14(21-4)9-11(10)2)16-17(18)20-12(3)6-5-7-15(20)19-16/h5-9H,18H2,1-4H3. The van der Waals surface area contributed by atoms with Gasteiger partial charge < -0.3 is 10.5 Å². The lowest BCUT2D eigenvalue weighted by Gasteiger charge is -2.11. The van der Waals surface area contributed by atoms with Crippen molar-refractivity contribution in [3.8, 4) is 17.0 Å². The van der Waals surface area contributed by atoms with Crippen LogP contribution < -0.4 is 10.5 Å². The van der Waals surface area contributed by atoms with Gasteiger partial charge in [0.2, 0.25) is 0 Å². The van der Waals surface area contributed by atoms with Crippen LogP contribution in [0, 0.1) is 20.8 Å². The minimum Gasteiger partial charge on any atom is -0.496 e. The number of nitrogens with zero attached hydrogens (tertiary/aromatic N) is 2. The van der Waals surface area contributed by atoms with E-state index in [1.807, 2.05) is 35.6 Å². The lowest BCUT2D eigenvalue weighted by atomic mass is 10.0. The quantitative estimate of drug-likeness (QED) is 0.782. The smallest absolute Gasteiger partial charge is 0.139 e. The van der Waals surface area contributed by atoms with Crippen LogP contribution in [0.1, 0.15) is 16.8 Å². The molecule has 0 bridgehead atoms. The van der Waals surface area contributed by atoms with Crippen LogP contribution in [0.3, 0.4) is 0 Å². The van der Waals surface area contributed by atoms with Gasteiger partial charge in [-0.1, -0.05) is 6.07 Å². The van der Waals surface area contributed by atoms with Crippen LogP contribution in [0.25, 0.3) is 16.9 Å². The van der Waals surface area contributed by atoms with E-state index in [1.165, 1.54) is 11.1 Å². The van der Waals surface area contributed by atoms with Crippen molar-refractivity contribution in [3.63, 3.8) is 0 Å². The molecule has 0 saturated heterocycles. The lowest BCUT2D eigenvalue weighted by molar-refractivity contribution is 0.416. The molecule has 0 spiro atoms. The summed E-state index contributed by atoms with van der Waals surface area (Å²) in [5.74, 6) is 1.44. The number of fused-ring (bicyclic) bond motifs is 1. The molecule has 2 heterocycles. The Hall–Kier alpha value is -2.49. The molecule has 0 unspecified atom stereocenters. The fraction of sp³-hybridized carbons (Fsp3) is 0.235. The van der Waals surface area contributed by atoms with E-state index >= 15 is 0 Å². The number of benzene rings is 1. The van der Waals surface area contributed by atoms with Crippen molar-refractivity contribution in [1.82, 2.24) is 9.38 Å². The molecule has 0 atom stereocenters. The number of rotatable bonds is 2. The number of anilines is 1. The number of hydrogen-bond acceptors (Lipinski definition) is 3. The van der Waals surface area contributed by atoms with E-state index < -0.39 is 0 Å². The number of hydrogen-bond donors (Lipinski definition) is 1. The molecule has 1 aromatic carbocycles. The molecule has 0 radical (unpaired) electrons. The van der Waals surface area contributed by atoms with Gasteiger partial charge in [0.15, 0.2) is 0 Å². The first kappa shape index (κ1) is 13.5. The Morgan fingerprint density at radius 3 is 2.48 bits per heavy atom. The number of nitrogens with two attached hydrogens (primary N) is 1. The van der Waals surface area contributed by atoms with Gasteiger partial charge in [-0.05, 0) is 56.2 Å². The summed E-state index contributed by atoms with van der Waals surface area (Å²) in [4.78, 5) is 4.68. The SMILES string of the molecule is COc1cc(C)c(C)cc1-c1nc2cccc(C)n2c1N. The highest BCUT2D eigenvalue weighted by Crippen LogP contribution is 2.36. The molecule has 2 aromatic heterocycles. The maximum atomic E-state index is 6.33. The molecule has 2 N–H and O–H groups in total. The van der Waals surface area contributed by atoms with Crippen LogP contribution in [0.5, 0.6) is 5.75 Å². The normalized spacial score (nSPS) is 11.0. The minimum absolute atomic E-state index is 0.643. The molecule has 21 heavy (non-hydrogen) atoms. The Labute approximate surface area is 124 Å². The molecule has 3 rings (SSSR count). The average Bonchev–Trinajstić information content (AvgIpc) is 2.80. The second kappa shape index (κ2) is 4.81. The molecule has 108 valence electrons. The zero-order valence-corrected chi connectivity index (χ0v) is 12.8. The Balaban J connectivity index is 2.33. The van der Waals surface area contributed by atoms with E-state index in [0.717, 1.165) is 28.3 Å². The zero-order chi connectivity index (χ0) is 15.1. The van der Waals surface area contributed by atoms with Gasteiger partial charge in [0.05, 0.1) is 7.11 Å². The largest absolute Gasteiger partial charge is 0.496 e. The molecule has 0 aliphatic rings. The molecular weight excluding hydrogens is 262 g/mol. The van der Waals surface area contributed by atoms with E-state index in [2.05, 4.69) is 24.9 Å². The number of imidazole rings is 1. The maximum absolute atomic E-state index is 6.33. The highest BCUT2D eigenvalue weighted by Gasteiger charge is 2.17. The minimum atomic E-state index is 0.643. The number of ether oxygens (including phenoxy) is 1. The topological polar surface area (TPSA) is 52.5 Å². The van der Waals surface area contributed by atoms with Gasteiger partial charge in [0.1, 0.15) is 22.9 Å². The van der Waals surface area contributed by atoms with Crippen molar-refractivity contribution < 1.29 is 4.74 Å². The fourth-order valence-electron chi connectivity index (χ4n) is 2.62. The Bertz CT molecular complexity index is 834. The van der Waals surface area contributed by atoms with Crippen LogP contribution in [-0.4, -0.2) is 16.5 Å². The Morgan fingerprint density at radius 1 is 1.10 bits per heavy atom. The average molecular weight is 281 g/mol. The number of methoxy groups -OCH3 is 1. The molecule has 0 aliphatic heterocycles. The van der Waals surface area contributed by atoms with E-state index in [-0.39, 0.29) is 0 Å². The fourth-order valence-corrected chi connectivity index (χ4v) is 2.62. The van der Waals surface area contributed by atoms with Crippen molar-refractivity contribution >= 4 is 11.5 Å². The summed E-state index contributed by atoms with van der Waals surface area (Å²) in [6.07, 6.45) is 0. The molecule has 3 aromatic rings. The first-order valence-corrected chi connectivity index (χ1v) is 6.92. The first-order chi connectivity index (χ1) is 10.0. The molecular formula is C17H19N3O. The van der Waals surface area contributed by atoms with Crippen LogP contribution >= 0.6 is 0 Å². The van der Waals surface area contributed by atoms with Gasteiger partial charge in [0.25, 0.3) is 0 Å². The summed E-state index contributed by atoms with van der Waals surface area (Å²) in [6.45, 7) is 6.17. The van der Waals surface area contributed by atoms with Gasteiger partial charge in [-0.25, -0.2) is 4.98 Å². The van der Waals surface area contributed by atoms with Crippen molar-refractivity contribution in [3.05, 3.63) is 47.2 Å². The molecule has 0 saturated carbocycles. The van der Waals surface area contributed by atoms with Gasteiger partial charge in [-0.2, -0.15) is 0 Å². The summed E-state index contributed by atoms with van der Waals surface area (Å²) in [5.41, 5.74) is 12.3. The third kappa shape index (κ3) is 2.03. The maximum Gasteiger partial charge on any atom is 0.139 e. The van der Waals surface area contributed by atoms with Gasteiger partial charge in [-0.3, -0.25) is 4.40 Å². The Morgan fingerprint density at radius 2 is 1.81 bits per heavy atom. The number of aromatic nitrogens is 2. The zero-order valence-electron chi connectivity index (χ0n) is 12.8. The van der Waals surface area contributed by atoms with E-state index in [0.29, 0.717) is 5.82 Å². The monoisotopic (exact) mass is 281 g/mol. The van der Waals surface area contributed by atoms with Crippen LogP contribution in [0.2, 0.25) is 0 Å². The van der Waals surface area contributed by atoms with Crippen LogP contribution in [0.4, 0.5) is 5.82 Å². The van der Waals surface area contributed by atoms with E-state index in [4.69, 9.17) is 10.5 Å².